The quantitative estimate of drug-likeness (QED) is 0.389. The Kier molecular flexibility index (Phi) is 3.95. The molecule has 0 spiro atoms. The molecule has 4 heterocycles. The molecule has 0 fully saturated rings. The smallest absolute Gasteiger partial charge is 0.267 e. The maximum absolute atomic E-state index is 13.7. The molecule has 0 unspecified atom stereocenters. The van der Waals surface area contributed by atoms with E-state index in [-0.39, 0.29) is 11.5 Å². The van der Waals surface area contributed by atoms with Gasteiger partial charge in [-0.15, -0.1) is 0 Å². The Morgan fingerprint density at radius 2 is 1.58 bits per heavy atom. The van der Waals surface area contributed by atoms with Crippen LogP contribution in [-0.4, -0.2) is 36.5 Å². The van der Waals surface area contributed by atoms with E-state index in [0.717, 1.165) is 22.2 Å². The fourth-order valence-electron chi connectivity index (χ4n) is 4.52. The second-order valence-corrected chi connectivity index (χ2v) is 8.14. The van der Waals surface area contributed by atoms with Crippen LogP contribution in [-0.2, 0) is 0 Å². The number of imide groups is 1. The Morgan fingerprint density at radius 3 is 2.36 bits per heavy atom. The Labute approximate surface area is 188 Å². The molecule has 0 saturated carbocycles. The second-order valence-electron chi connectivity index (χ2n) is 8.14. The van der Waals surface area contributed by atoms with Crippen molar-refractivity contribution in [2.45, 2.75) is 20.8 Å². The molecule has 2 aromatic carbocycles. The molecule has 6 rings (SSSR count). The highest BCUT2D eigenvalue weighted by Gasteiger charge is 2.40. The number of pyridine rings is 1. The fraction of sp³-hybridized carbons (Fsp3) is 0.120. The normalized spacial score (nSPS) is 13.4. The number of nitrogens with zero attached hydrogens (tertiary/aromatic N) is 6. The predicted molar refractivity (Wildman–Crippen MR) is 124 cm³/mol. The number of fused-ring (bicyclic) bond motifs is 4. The standard InChI is InChI=1S/C25H18N6O2/c1-13-11-14(2)28-25(27-13)31-22-20(15(3)29-31)21-18(12-26-22)23(32)30(24(21)33)19-10-6-8-16-7-4-5-9-17(16)19/h4-12H,1-3H3. The molecular weight excluding hydrogens is 416 g/mol. The highest BCUT2D eigenvalue weighted by Crippen LogP contribution is 2.37. The molecule has 0 saturated heterocycles. The number of aryl methyl sites for hydroxylation is 3. The van der Waals surface area contributed by atoms with Crippen LogP contribution in [0, 0.1) is 20.8 Å². The summed E-state index contributed by atoms with van der Waals surface area (Å²) in [7, 11) is 0. The van der Waals surface area contributed by atoms with Crippen LogP contribution in [0.4, 0.5) is 5.69 Å². The topological polar surface area (TPSA) is 93.9 Å². The van der Waals surface area contributed by atoms with Crippen molar-refractivity contribution in [1.29, 1.82) is 0 Å². The third-order valence-electron chi connectivity index (χ3n) is 5.89. The van der Waals surface area contributed by atoms with Gasteiger partial charge >= 0.3 is 0 Å². The molecule has 0 bridgehead atoms. The number of hydrogen-bond donors (Lipinski definition) is 0. The molecule has 8 heteroatoms. The van der Waals surface area contributed by atoms with Crippen LogP contribution in [0.25, 0.3) is 27.8 Å². The van der Waals surface area contributed by atoms with Gasteiger partial charge in [0.25, 0.3) is 17.8 Å². The van der Waals surface area contributed by atoms with E-state index < -0.39 is 5.91 Å². The van der Waals surface area contributed by atoms with E-state index in [9.17, 15) is 9.59 Å². The van der Waals surface area contributed by atoms with Crippen LogP contribution in [0.3, 0.4) is 0 Å². The SMILES string of the molecule is Cc1cc(C)nc(-n2nc(C)c3c4c(cnc32)C(=O)N(c2cccc3ccccc23)C4=O)n1. The summed E-state index contributed by atoms with van der Waals surface area (Å²) in [6.45, 7) is 5.56. The van der Waals surface area contributed by atoms with Crippen molar-refractivity contribution in [2.24, 2.45) is 0 Å². The first-order valence-corrected chi connectivity index (χ1v) is 10.5. The van der Waals surface area contributed by atoms with E-state index in [2.05, 4.69) is 20.1 Å². The van der Waals surface area contributed by atoms with E-state index >= 15 is 0 Å². The van der Waals surface area contributed by atoms with Crippen molar-refractivity contribution in [1.82, 2.24) is 24.7 Å². The maximum Gasteiger partial charge on any atom is 0.267 e. The summed E-state index contributed by atoms with van der Waals surface area (Å²) in [6.07, 6.45) is 1.45. The minimum atomic E-state index is -0.393. The van der Waals surface area contributed by atoms with Crippen molar-refractivity contribution in [3.63, 3.8) is 0 Å². The Morgan fingerprint density at radius 1 is 0.848 bits per heavy atom. The van der Waals surface area contributed by atoms with Gasteiger partial charge in [-0.2, -0.15) is 9.78 Å². The Bertz CT molecular complexity index is 1630. The lowest BCUT2D eigenvalue weighted by Crippen LogP contribution is -2.29. The zero-order chi connectivity index (χ0) is 22.9. The van der Waals surface area contributed by atoms with Crippen LogP contribution < -0.4 is 4.90 Å². The number of aromatic nitrogens is 5. The van der Waals surface area contributed by atoms with Gasteiger partial charge in [0.05, 0.1) is 27.9 Å². The molecule has 1 aliphatic rings. The average Bonchev–Trinajstić information content (AvgIpc) is 3.26. The van der Waals surface area contributed by atoms with Crippen molar-refractivity contribution in [3.05, 3.63) is 82.9 Å². The first-order chi connectivity index (χ1) is 15.9. The summed E-state index contributed by atoms with van der Waals surface area (Å²) < 4.78 is 1.53. The van der Waals surface area contributed by atoms with Crippen molar-refractivity contribution in [3.8, 4) is 5.95 Å². The van der Waals surface area contributed by atoms with E-state index in [4.69, 9.17) is 0 Å². The van der Waals surface area contributed by atoms with Gasteiger partial charge in [-0.1, -0.05) is 36.4 Å². The third kappa shape index (κ3) is 2.70. The van der Waals surface area contributed by atoms with Gasteiger partial charge in [0, 0.05) is 23.0 Å². The first kappa shape index (κ1) is 19.2. The number of anilines is 1. The molecular formula is C25H18N6O2. The van der Waals surface area contributed by atoms with Crippen molar-refractivity contribution >= 4 is 39.3 Å². The van der Waals surface area contributed by atoms with E-state index in [0.29, 0.717) is 33.9 Å². The number of carbonyl (C=O) groups is 2. The van der Waals surface area contributed by atoms with Crippen LogP contribution in [0.1, 0.15) is 37.8 Å². The summed E-state index contributed by atoms with van der Waals surface area (Å²) in [5.41, 5.74) is 3.75. The lowest BCUT2D eigenvalue weighted by atomic mass is 10.1. The van der Waals surface area contributed by atoms with Crippen LogP contribution in [0.15, 0.2) is 54.7 Å². The maximum atomic E-state index is 13.7. The lowest BCUT2D eigenvalue weighted by molar-refractivity contribution is 0.0927. The van der Waals surface area contributed by atoms with Gasteiger partial charge in [-0.3, -0.25) is 9.59 Å². The monoisotopic (exact) mass is 434 g/mol. The molecule has 0 atom stereocenters. The molecule has 33 heavy (non-hydrogen) atoms. The van der Waals surface area contributed by atoms with Crippen molar-refractivity contribution < 1.29 is 9.59 Å². The average molecular weight is 434 g/mol. The molecule has 0 radical (unpaired) electrons. The Hall–Kier alpha value is -4.46. The summed E-state index contributed by atoms with van der Waals surface area (Å²) in [6, 6.07) is 15.1. The molecule has 0 N–H and O–H groups in total. The molecule has 5 aromatic rings. The molecule has 1 aliphatic heterocycles. The van der Waals surface area contributed by atoms with Gasteiger partial charge < -0.3 is 0 Å². The Balaban J connectivity index is 1.57. The number of carbonyl (C=O) groups excluding carboxylic acids is 2. The van der Waals surface area contributed by atoms with Crippen LogP contribution >= 0.6 is 0 Å². The molecule has 160 valence electrons. The van der Waals surface area contributed by atoms with E-state index in [1.54, 1.807) is 13.0 Å². The first-order valence-electron chi connectivity index (χ1n) is 10.5. The molecule has 8 nitrogen and oxygen atoms in total. The minimum Gasteiger partial charge on any atom is -0.268 e. The highest BCUT2D eigenvalue weighted by atomic mass is 16.2. The van der Waals surface area contributed by atoms with Crippen LogP contribution in [0.2, 0.25) is 0 Å². The van der Waals surface area contributed by atoms with Gasteiger partial charge in [-0.05, 0) is 38.3 Å². The number of amides is 2. The minimum absolute atomic E-state index is 0.268. The summed E-state index contributed by atoms with van der Waals surface area (Å²) >= 11 is 0. The zero-order valence-electron chi connectivity index (χ0n) is 18.2. The fourth-order valence-corrected chi connectivity index (χ4v) is 4.52. The third-order valence-corrected chi connectivity index (χ3v) is 5.89. The highest BCUT2D eigenvalue weighted by molar-refractivity contribution is 6.38. The number of hydrogen-bond acceptors (Lipinski definition) is 6. The second kappa shape index (κ2) is 6.77. The van der Waals surface area contributed by atoms with Gasteiger partial charge in [0.1, 0.15) is 0 Å². The summed E-state index contributed by atoms with van der Waals surface area (Å²) in [5.74, 6) is -0.404. The van der Waals surface area contributed by atoms with Gasteiger partial charge in [-0.25, -0.2) is 19.9 Å². The van der Waals surface area contributed by atoms with E-state index in [1.807, 2.05) is 56.3 Å². The van der Waals surface area contributed by atoms with Gasteiger partial charge in [0.15, 0.2) is 5.65 Å². The van der Waals surface area contributed by atoms with Crippen LogP contribution in [0.5, 0.6) is 0 Å². The predicted octanol–water partition coefficient (Wildman–Crippen LogP) is 4.09. The van der Waals surface area contributed by atoms with Gasteiger partial charge in [0.2, 0.25) is 0 Å². The molecule has 2 amide bonds. The summed E-state index contributed by atoms with van der Waals surface area (Å²) in [4.78, 5) is 41.8. The lowest BCUT2D eigenvalue weighted by Gasteiger charge is -2.16. The van der Waals surface area contributed by atoms with Crippen molar-refractivity contribution in [2.75, 3.05) is 4.90 Å². The molecule has 0 aliphatic carbocycles. The number of benzene rings is 2. The van der Waals surface area contributed by atoms with E-state index in [1.165, 1.54) is 15.8 Å². The number of rotatable bonds is 2. The summed E-state index contributed by atoms with van der Waals surface area (Å²) in [5, 5.41) is 6.89. The zero-order valence-corrected chi connectivity index (χ0v) is 18.2. The largest absolute Gasteiger partial charge is 0.268 e. The molecule has 3 aromatic heterocycles.